The number of hydrogen-bond donors (Lipinski definition) is 1. The molecule has 1 aromatic rings. The molecule has 2 heteroatoms. The zero-order valence-electron chi connectivity index (χ0n) is 11.0. The third kappa shape index (κ3) is 2.88. The van der Waals surface area contributed by atoms with Gasteiger partial charge in [-0.3, -0.25) is 0 Å². The molecule has 17 heavy (non-hydrogen) atoms. The van der Waals surface area contributed by atoms with E-state index in [0.29, 0.717) is 6.42 Å². The lowest BCUT2D eigenvalue weighted by atomic mass is 9.90. The van der Waals surface area contributed by atoms with Gasteiger partial charge in [-0.1, -0.05) is 29.3 Å². The molecule has 0 spiro atoms. The van der Waals surface area contributed by atoms with Crippen molar-refractivity contribution in [3.8, 4) is 0 Å². The smallest absolute Gasteiger partial charge is 0.0916 e. The van der Waals surface area contributed by atoms with Crippen molar-refractivity contribution in [2.24, 2.45) is 0 Å². The standard InChI is InChI=1S/C15H22O2/c1-11-7-12(2)9-13(8-11)10-14(16)15(3)5-4-6-17-15/h7-9,14,16H,4-6,10H2,1-3H3. The Morgan fingerprint density at radius 3 is 2.47 bits per heavy atom. The second-order valence-electron chi connectivity index (χ2n) is 5.48. The molecule has 1 fully saturated rings. The van der Waals surface area contributed by atoms with Crippen molar-refractivity contribution in [3.05, 3.63) is 34.9 Å². The largest absolute Gasteiger partial charge is 0.390 e. The van der Waals surface area contributed by atoms with E-state index in [2.05, 4.69) is 32.0 Å². The minimum absolute atomic E-state index is 0.350. The Kier molecular flexibility index (Phi) is 3.55. The molecule has 1 saturated heterocycles. The van der Waals surface area contributed by atoms with Gasteiger partial charge in [0.1, 0.15) is 0 Å². The summed E-state index contributed by atoms with van der Waals surface area (Å²) in [4.78, 5) is 0. The molecule has 1 aliphatic rings. The van der Waals surface area contributed by atoms with Gasteiger partial charge in [0.05, 0.1) is 11.7 Å². The van der Waals surface area contributed by atoms with Crippen molar-refractivity contribution in [1.29, 1.82) is 0 Å². The Balaban J connectivity index is 2.09. The van der Waals surface area contributed by atoms with Gasteiger partial charge < -0.3 is 9.84 Å². The zero-order chi connectivity index (χ0) is 12.5. The van der Waals surface area contributed by atoms with Crippen LogP contribution >= 0.6 is 0 Å². The van der Waals surface area contributed by atoms with Gasteiger partial charge in [0.2, 0.25) is 0 Å². The summed E-state index contributed by atoms with van der Waals surface area (Å²) in [6, 6.07) is 6.45. The Labute approximate surface area is 104 Å². The monoisotopic (exact) mass is 234 g/mol. The van der Waals surface area contributed by atoms with Crippen LogP contribution in [0.1, 0.15) is 36.5 Å². The molecular formula is C15H22O2. The second kappa shape index (κ2) is 4.79. The maximum Gasteiger partial charge on any atom is 0.0916 e. The highest BCUT2D eigenvalue weighted by atomic mass is 16.5. The molecule has 0 bridgehead atoms. The predicted octanol–water partition coefficient (Wildman–Crippen LogP) is 2.78. The summed E-state index contributed by atoms with van der Waals surface area (Å²) in [6.07, 6.45) is 2.28. The van der Waals surface area contributed by atoms with E-state index in [0.717, 1.165) is 19.4 Å². The van der Waals surface area contributed by atoms with Crippen LogP contribution in [0.5, 0.6) is 0 Å². The molecular weight excluding hydrogens is 212 g/mol. The number of benzene rings is 1. The number of ether oxygens (including phenoxy) is 1. The van der Waals surface area contributed by atoms with Gasteiger partial charge in [-0.25, -0.2) is 0 Å². The molecule has 0 aliphatic carbocycles. The minimum atomic E-state index is -0.411. The van der Waals surface area contributed by atoms with Crippen molar-refractivity contribution < 1.29 is 9.84 Å². The zero-order valence-corrected chi connectivity index (χ0v) is 11.0. The van der Waals surface area contributed by atoms with Crippen LogP contribution in [0.15, 0.2) is 18.2 Å². The SMILES string of the molecule is Cc1cc(C)cc(CC(O)C2(C)CCCO2)c1. The summed E-state index contributed by atoms with van der Waals surface area (Å²) in [5, 5.41) is 10.3. The topological polar surface area (TPSA) is 29.5 Å². The lowest BCUT2D eigenvalue weighted by Gasteiger charge is -2.29. The average molecular weight is 234 g/mol. The highest BCUT2D eigenvalue weighted by molar-refractivity contribution is 5.29. The predicted molar refractivity (Wildman–Crippen MR) is 69.2 cm³/mol. The summed E-state index contributed by atoms with van der Waals surface area (Å²) in [7, 11) is 0. The fourth-order valence-electron chi connectivity index (χ4n) is 2.69. The average Bonchev–Trinajstić information content (AvgIpc) is 2.64. The molecule has 2 nitrogen and oxygen atoms in total. The van der Waals surface area contributed by atoms with E-state index < -0.39 is 6.10 Å². The van der Waals surface area contributed by atoms with Crippen molar-refractivity contribution in [3.63, 3.8) is 0 Å². The second-order valence-corrected chi connectivity index (χ2v) is 5.48. The van der Waals surface area contributed by atoms with E-state index in [4.69, 9.17) is 4.74 Å². The van der Waals surface area contributed by atoms with Crippen LogP contribution in [-0.4, -0.2) is 23.4 Å². The molecule has 1 aliphatic heterocycles. The first-order chi connectivity index (χ1) is 7.99. The first-order valence-corrected chi connectivity index (χ1v) is 6.39. The normalized spacial score (nSPS) is 26.1. The van der Waals surface area contributed by atoms with E-state index in [9.17, 15) is 5.11 Å². The molecule has 2 unspecified atom stereocenters. The maximum absolute atomic E-state index is 10.3. The van der Waals surface area contributed by atoms with Gasteiger partial charge in [-0.2, -0.15) is 0 Å². The quantitative estimate of drug-likeness (QED) is 0.871. The molecule has 0 saturated carbocycles. The van der Waals surface area contributed by atoms with E-state index in [1.54, 1.807) is 0 Å². The first kappa shape index (κ1) is 12.6. The summed E-state index contributed by atoms with van der Waals surface area (Å²) in [5.41, 5.74) is 3.36. The van der Waals surface area contributed by atoms with E-state index in [1.807, 2.05) is 6.92 Å². The van der Waals surface area contributed by atoms with Crippen LogP contribution in [-0.2, 0) is 11.2 Å². The molecule has 2 rings (SSSR count). The van der Waals surface area contributed by atoms with Gasteiger partial charge in [-0.05, 0) is 39.2 Å². The van der Waals surface area contributed by atoms with Gasteiger partial charge in [-0.15, -0.1) is 0 Å². The van der Waals surface area contributed by atoms with E-state index >= 15 is 0 Å². The molecule has 0 radical (unpaired) electrons. The van der Waals surface area contributed by atoms with Crippen LogP contribution < -0.4 is 0 Å². The maximum atomic E-state index is 10.3. The van der Waals surface area contributed by atoms with Crippen LogP contribution in [0.4, 0.5) is 0 Å². The van der Waals surface area contributed by atoms with Crippen LogP contribution in [0, 0.1) is 13.8 Å². The fourth-order valence-corrected chi connectivity index (χ4v) is 2.69. The van der Waals surface area contributed by atoms with Crippen molar-refractivity contribution >= 4 is 0 Å². The molecule has 1 aromatic carbocycles. The number of hydrogen-bond acceptors (Lipinski definition) is 2. The van der Waals surface area contributed by atoms with Gasteiger partial charge in [0.15, 0.2) is 0 Å². The Bertz CT molecular complexity index is 372. The van der Waals surface area contributed by atoms with Gasteiger partial charge in [0, 0.05) is 13.0 Å². The third-order valence-electron chi connectivity index (χ3n) is 3.66. The summed E-state index contributed by atoms with van der Waals surface area (Å²) in [5.74, 6) is 0. The van der Waals surface area contributed by atoms with E-state index in [1.165, 1.54) is 16.7 Å². The fraction of sp³-hybridized carbons (Fsp3) is 0.600. The number of rotatable bonds is 3. The van der Waals surface area contributed by atoms with Crippen molar-refractivity contribution in [2.75, 3.05) is 6.61 Å². The lowest BCUT2D eigenvalue weighted by Crippen LogP contribution is -2.40. The van der Waals surface area contributed by atoms with Crippen molar-refractivity contribution in [2.45, 2.75) is 51.7 Å². The van der Waals surface area contributed by atoms with E-state index in [-0.39, 0.29) is 5.60 Å². The Morgan fingerprint density at radius 2 is 1.94 bits per heavy atom. The molecule has 94 valence electrons. The molecule has 2 atom stereocenters. The van der Waals surface area contributed by atoms with Crippen LogP contribution in [0.3, 0.4) is 0 Å². The lowest BCUT2D eigenvalue weighted by molar-refractivity contribution is -0.0768. The number of aryl methyl sites for hydroxylation is 2. The number of aliphatic hydroxyl groups is 1. The molecule has 0 amide bonds. The minimum Gasteiger partial charge on any atom is -0.390 e. The van der Waals surface area contributed by atoms with Crippen molar-refractivity contribution in [1.82, 2.24) is 0 Å². The number of aliphatic hydroxyl groups excluding tert-OH is 1. The summed E-state index contributed by atoms with van der Waals surface area (Å²) in [6.45, 7) is 6.99. The summed E-state index contributed by atoms with van der Waals surface area (Å²) >= 11 is 0. The Morgan fingerprint density at radius 1 is 1.29 bits per heavy atom. The molecule has 0 aromatic heterocycles. The first-order valence-electron chi connectivity index (χ1n) is 6.39. The van der Waals surface area contributed by atoms with Crippen LogP contribution in [0.2, 0.25) is 0 Å². The molecule has 1 heterocycles. The third-order valence-corrected chi connectivity index (χ3v) is 3.66. The Hall–Kier alpha value is -0.860. The van der Waals surface area contributed by atoms with Crippen LogP contribution in [0.25, 0.3) is 0 Å². The summed E-state index contributed by atoms with van der Waals surface area (Å²) < 4.78 is 5.68. The highest BCUT2D eigenvalue weighted by Crippen LogP contribution is 2.30. The van der Waals surface area contributed by atoms with Gasteiger partial charge in [0.25, 0.3) is 0 Å². The highest BCUT2D eigenvalue weighted by Gasteiger charge is 2.37. The molecule has 1 N–H and O–H groups in total. The van der Waals surface area contributed by atoms with Gasteiger partial charge >= 0.3 is 0 Å².